The van der Waals surface area contributed by atoms with Crippen molar-refractivity contribution in [1.29, 1.82) is 0 Å². The first kappa shape index (κ1) is 11.0. The average Bonchev–Trinajstić information content (AvgIpc) is 2.66. The van der Waals surface area contributed by atoms with Crippen molar-refractivity contribution in [2.24, 2.45) is 10.7 Å². The van der Waals surface area contributed by atoms with Gasteiger partial charge in [0.25, 0.3) is 0 Å². The summed E-state index contributed by atoms with van der Waals surface area (Å²) >= 11 is 1.57. The fourth-order valence-corrected chi connectivity index (χ4v) is 2.57. The van der Waals surface area contributed by atoms with Gasteiger partial charge in [0.1, 0.15) is 0 Å². The van der Waals surface area contributed by atoms with Crippen LogP contribution < -0.4 is 5.73 Å². The Labute approximate surface area is 98.5 Å². The Morgan fingerprint density at radius 1 is 1.44 bits per heavy atom. The highest BCUT2D eigenvalue weighted by atomic mass is 32.2. The molecule has 0 radical (unpaired) electrons. The third-order valence-corrected chi connectivity index (χ3v) is 3.28. The van der Waals surface area contributed by atoms with E-state index in [1.165, 1.54) is 5.56 Å². The molecular weight excluding hydrogens is 222 g/mol. The number of benzene rings is 1. The van der Waals surface area contributed by atoms with E-state index < -0.39 is 6.03 Å². The molecule has 0 unspecified atom stereocenters. The van der Waals surface area contributed by atoms with Gasteiger partial charge in [0.2, 0.25) is 0 Å². The molecule has 1 fully saturated rings. The molecule has 1 aromatic rings. The van der Waals surface area contributed by atoms with Gasteiger partial charge in [0.15, 0.2) is 5.17 Å². The molecule has 0 bridgehead atoms. The van der Waals surface area contributed by atoms with E-state index in [0.717, 1.165) is 24.0 Å². The Bertz CT molecular complexity index is 405. The molecule has 0 aromatic heterocycles. The molecule has 1 aliphatic rings. The predicted molar refractivity (Wildman–Crippen MR) is 66.3 cm³/mol. The van der Waals surface area contributed by atoms with Crippen LogP contribution in [0.2, 0.25) is 0 Å². The summed E-state index contributed by atoms with van der Waals surface area (Å²) in [6.07, 6.45) is 0. The molecule has 2 amide bonds. The number of urea groups is 1. The number of carbonyl (C=O) groups is 1. The monoisotopic (exact) mass is 235 g/mol. The summed E-state index contributed by atoms with van der Waals surface area (Å²) in [7, 11) is 0. The fraction of sp³-hybridized carbons (Fsp3) is 0.273. The van der Waals surface area contributed by atoms with Crippen molar-refractivity contribution in [2.45, 2.75) is 6.54 Å². The number of rotatable bonds is 2. The second-order valence-electron chi connectivity index (χ2n) is 3.49. The summed E-state index contributed by atoms with van der Waals surface area (Å²) in [4.78, 5) is 16.6. The smallest absolute Gasteiger partial charge is 0.340 e. The second-order valence-corrected chi connectivity index (χ2v) is 4.55. The van der Waals surface area contributed by atoms with E-state index in [1.807, 2.05) is 18.2 Å². The normalized spacial score (nSPS) is 18.0. The molecular formula is C11H13N3OS. The Balaban J connectivity index is 2.07. The lowest BCUT2D eigenvalue weighted by molar-refractivity contribution is 0.256. The van der Waals surface area contributed by atoms with Crippen LogP contribution >= 0.6 is 11.8 Å². The third kappa shape index (κ3) is 2.76. The van der Waals surface area contributed by atoms with Crippen LogP contribution in [0, 0.1) is 0 Å². The molecule has 1 heterocycles. The lowest BCUT2D eigenvalue weighted by Crippen LogP contribution is -2.25. The van der Waals surface area contributed by atoms with E-state index in [0.29, 0.717) is 0 Å². The maximum Gasteiger partial charge on any atom is 0.340 e. The van der Waals surface area contributed by atoms with Crippen LogP contribution in [0.25, 0.3) is 0 Å². The molecule has 0 aliphatic carbocycles. The zero-order chi connectivity index (χ0) is 11.4. The minimum Gasteiger partial charge on any atom is -0.350 e. The molecule has 84 valence electrons. The number of amidine groups is 1. The fourth-order valence-electron chi connectivity index (χ4n) is 1.58. The lowest BCUT2D eigenvalue weighted by atomic mass is 10.2. The largest absolute Gasteiger partial charge is 0.350 e. The summed E-state index contributed by atoms with van der Waals surface area (Å²) in [5.74, 6) is 0.957. The molecule has 5 heteroatoms. The van der Waals surface area contributed by atoms with Crippen molar-refractivity contribution >= 4 is 23.0 Å². The number of nitrogens with two attached hydrogens (primary N) is 1. The topological polar surface area (TPSA) is 58.7 Å². The first-order valence-corrected chi connectivity index (χ1v) is 6.04. The van der Waals surface area contributed by atoms with Gasteiger partial charge in [-0.3, -0.25) is 0 Å². The molecule has 1 saturated heterocycles. The van der Waals surface area contributed by atoms with Gasteiger partial charge >= 0.3 is 6.03 Å². The van der Waals surface area contributed by atoms with Gasteiger partial charge in [0.05, 0.1) is 0 Å². The van der Waals surface area contributed by atoms with E-state index in [9.17, 15) is 4.79 Å². The second kappa shape index (κ2) is 5.03. The Morgan fingerprint density at radius 2 is 2.19 bits per heavy atom. The third-order valence-electron chi connectivity index (χ3n) is 2.28. The van der Waals surface area contributed by atoms with Crippen LogP contribution in [0.15, 0.2) is 35.3 Å². The summed E-state index contributed by atoms with van der Waals surface area (Å²) < 4.78 is 0. The van der Waals surface area contributed by atoms with E-state index >= 15 is 0 Å². The maximum absolute atomic E-state index is 10.7. The van der Waals surface area contributed by atoms with Gasteiger partial charge in [-0.2, -0.15) is 4.99 Å². The first-order valence-electron chi connectivity index (χ1n) is 5.05. The molecule has 16 heavy (non-hydrogen) atoms. The van der Waals surface area contributed by atoms with Crippen molar-refractivity contribution in [3.63, 3.8) is 0 Å². The number of primary amides is 1. The van der Waals surface area contributed by atoms with E-state index in [2.05, 4.69) is 22.0 Å². The number of aliphatic imine (C=N–C) groups is 1. The maximum atomic E-state index is 10.7. The van der Waals surface area contributed by atoms with Crippen molar-refractivity contribution in [3.8, 4) is 0 Å². The number of hydrogen-bond acceptors (Lipinski definition) is 2. The van der Waals surface area contributed by atoms with Gasteiger partial charge < -0.3 is 10.6 Å². The molecule has 0 saturated carbocycles. The van der Waals surface area contributed by atoms with Crippen molar-refractivity contribution in [3.05, 3.63) is 35.9 Å². The van der Waals surface area contributed by atoms with E-state index in [4.69, 9.17) is 5.73 Å². The number of amides is 2. The highest BCUT2D eigenvalue weighted by Gasteiger charge is 2.19. The van der Waals surface area contributed by atoms with Crippen molar-refractivity contribution in [1.82, 2.24) is 4.90 Å². The molecule has 2 N–H and O–H groups in total. The quantitative estimate of drug-likeness (QED) is 0.848. The first-order chi connectivity index (χ1) is 7.75. The van der Waals surface area contributed by atoms with Gasteiger partial charge in [-0.1, -0.05) is 42.1 Å². The van der Waals surface area contributed by atoms with E-state index in [-0.39, 0.29) is 0 Å². The molecule has 4 nitrogen and oxygen atoms in total. The van der Waals surface area contributed by atoms with Gasteiger partial charge in [0, 0.05) is 18.8 Å². The number of carbonyl (C=O) groups excluding carboxylic acids is 1. The number of hydrogen-bond donors (Lipinski definition) is 1. The van der Waals surface area contributed by atoms with Crippen LogP contribution in [-0.2, 0) is 6.54 Å². The summed E-state index contributed by atoms with van der Waals surface area (Å²) in [5, 5.41) is 0.733. The number of thioether (sulfide) groups is 1. The van der Waals surface area contributed by atoms with Crippen molar-refractivity contribution in [2.75, 3.05) is 12.3 Å². The minimum absolute atomic E-state index is 0.623. The SMILES string of the molecule is NC(=O)/N=C1/SCCN1Cc1ccccc1. The molecule has 2 rings (SSSR count). The summed E-state index contributed by atoms with van der Waals surface area (Å²) in [6.45, 7) is 1.69. The Morgan fingerprint density at radius 3 is 2.88 bits per heavy atom. The molecule has 0 spiro atoms. The van der Waals surface area contributed by atoms with Crippen LogP contribution in [-0.4, -0.2) is 28.4 Å². The Hall–Kier alpha value is -1.49. The number of nitrogens with zero attached hydrogens (tertiary/aromatic N) is 2. The van der Waals surface area contributed by atoms with Crippen molar-refractivity contribution < 1.29 is 4.79 Å². The van der Waals surface area contributed by atoms with Crippen LogP contribution in [0.3, 0.4) is 0 Å². The standard InChI is InChI=1S/C11H13N3OS/c12-10(15)13-11-14(6-7-16-11)8-9-4-2-1-3-5-9/h1-5H,6-8H2,(H2,12,15)/b13-11+. The van der Waals surface area contributed by atoms with Crippen LogP contribution in [0.1, 0.15) is 5.56 Å². The predicted octanol–water partition coefficient (Wildman–Crippen LogP) is 1.67. The van der Waals surface area contributed by atoms with Crippen LogP contribution in [0.5, 0.6) is 0 Å². The molecule has 0 atom stereocenters. The minimum atomic E-state index is -0.623. The van der Waals surface area contributed by atoms with Crippen LogP contribution in [0.4, 0.5) is 4.79 Å². The molecule has 1 aliphatic heterocycles. The zero-order valence-corrected chi connectivity index (χ0v) is 9.61. The average molecular weight is 235 g/mol. The zero-order valence-electron chi connectivity index (χ0n) is 8.80. The summed E-state index contributed by atoms with van der Waals surface area (Å²) in [5.41, 5.74) is 6.27. The highest BCUT2D eigenvalue weighted by Crippen LogP contribution is 2.20. The van der Waals surface area contributed by atoms with Gasteiger partial charge in [-0.05, 0) is 5.56 Å². The Kier molecular flexibility index (Phi) is 3.46. The lowest BCUT2D eigenvalue weighted by Gasteiger charge is -2.17. The van der Waals surface area contributed by atoms with Gasteiger partial charge in [-0.25, -0.2) is 4.79 Å². The summed E-state index contributed by atoms with van der Waals surface area (Å²) in [6, 6.07) is 9.49. The highest BCUT2D eigenvalue weighted by molar-refractivity contribution is 8.14. The van der Waals surface area contributed by atoms with E-state index in [1.54, 1.807) is 11.8 Å². The van der Waals surface area contributed by atoms with Gasteiger partial charge in [-0.15, -0.1) is 0 Å². The molecule has 1 aromatic carbocycles.